The fourth-order valence-electron chi connectivity index (χ4n) is 2.83. The van der Waals surface area contributed by atoms with Crippen LogP contribution in [-0.4, -0.2) is 32.4 Å². The number of imidazole rings is 1. The van der Waals surface area contributed by atoms with E-state index in [2.05, 4.69) is 10.3 Å². The molecule has 1 aromatic carbocycles. The lowest BCUT2D eigenvalue weighted by molar-refractivity contribution is -0.139. The van der Waals surface area contributed by atoms with Crippen LogP contribution in [0, 0.1) is 0 Å². The Morgan fingerprint density at radius 2 is 1.96 bits per heavy atom. The molecule has 0 spiro atoms. The van der Waals surface area contributed by atoms with Gasteiger partial charge in [0, 0.05) is 12.6 Å². The largest absolute Gasteiger partial charge is 0.480 e. The summed E-state index contributed by atoms with van der Waals surface area (Å²) in [6.07, 6.45) is 2.34. The number of benzene rings is 1. The summed E-state index contributed by atoms with van der Waals surface area (Å²) in [6, 6.07) is 11.5. The maximum absolute atomic E-state index is 12.8. The molecule has 0 saturated carbocycles. The highest BCUT2D eigenvalue weighted by Crippen LogP contribution is 2.18. The maximum Gasteiger partial charge on any atom is 0.326 e. The quantitative estimate of drug-likeness (QED) is 0.697. The summed E-state index contributed by atoms with van der Waals surface area (Å²) >= 11 is 6.04. The molecule has 1 atom stereocenters. The Balaban J connectivity index is 1.91. The highest BCUT2D eigenvalue weighted by atomic mass is 35.5. The van der Waals surface area contributed by atoms with Gasteiger partial charge < -0.3 is 10.4 Å². The zero-order valence-corrected chi connectivity index (χ0v) is 14.9. The van der Waals surface area contributed by atoms with E-state index < -0.39 is 17.9 Å². The molecule has 2 N–H and O–H groups in total. The van der Waals surface area contributed by atoms with Crippen LogP contribution in [0.5, 0.6) is 0 Å². The van der Waals surface area contributed by atoms with E-state index in [9.17, 15) is 14.7 Å². The Morgan fingerprint density at radius 3 is 2.62 bits per heavy atom. The number of pyridine rings is 1. The number of nitrogens with one attached hydrogen (secondary N) is 1. The smallest absolute Gasteiger partial charge is 0.326 e. The number of carboxylic acids is 1. The average molecular weight is 372 g/mol. The summed E-state index contributed by atoms with van der Waals surface area (Å²) in [7, 11) is 0. The Bertz CT molecular complexity index is 953. The molecule has 3 rings (SSSR count). The fraction of sp³-hybridized carbons (Fsp3) is 0.211. The second kappa shape index (κ2) is 7.58. The molecular formula is C19H18ClN3O3. The molecule has 0 aliphatic rings. The Kier molecular flexibility index (Phi) is 5.23. The van der Waals surface area contributed by atoms with E-state index >= 15 is 0 Å². The molecule has 0 saturated heterocycles. The van der Waals surface area contributed by atoms with E-state index in [0.717, 1.165) is 5.56 Å². The summed E-state index contributed by atoms with van der Waals surface area (Å²) < 4.78 is 1.60. The van der Waals surface area contributed by atoms with Crippen LogP contribution in [0.25, 0.3) is 5.65 Å². The normalized spacial score (nSPS) is 12.1. The van der Waals surface area contributed by atoms with Crippen molar-refractivity contribution in [1.29, 1.82) is 0 Å². The van der Waals surface area contributed by atoms with Crippen molar-refractivity contribution in [2.45, 2.75) is 25.8 Å². The Morgan fingerprint density at radius 1 is 1.23 bits per heavy atom. The highest BCUT2D eigenvalue weighted by Gasteiger charge is 2.25. The number of hydrogen-bond donors (Lipinski definition) is 2. The number of hydrogen-bond acceptors (Lipinski definition) is 3. The second-order valence-electron chi connectivity index (χ2n) is 5.89. The van der Waals surface area contributed by atoms with Gasteiger partial charge >= 0.3 is 5.97 Å². The molecule has 134 valence electrons. The van der Waals surface area contributed by atoms with Crippen LogP contribution in [0.4, 0.5) is 0 Å². The minimum atomic E-state index is -1.09. The van der Waals surface area contributed by atoms with Gasteiger partial charge in [-0.1, -0.05) is 48.9 Å². The van der Waals surface area contributed by atoms with Gasteiger partial charge in [0.05, 0.1) is 10.7 Å². The van der Waals surface area contributed by atoms with Gasteiger partial charge in [0.25, 0.3) is 5.91 Å². The Labute approximate surface area is 155 Å². The average Bonchev–Trinajstić information content (AvgIpc) is 2.99. The summed E-state index contributed by atoms with van der Waals surface area (Å²) in [5, 5.41) is 12.6. The molecule has 0 radical (unpaired) electrons. The number of rotatable bonds is 6. The number of carbonyl (C=O) groups excluding carboxylic acids is 1. The zero-order valence-electron chi connectivity index (χ0n) is 14.1. The predicted octanol–water partition coefficient (Wildman–Crippen LogP) is 2.98. The summed E-state index contributed by atoms with van der Waals surface area (Å²) in [6.45, 7) is 1.89. The van der Waals surface area contributed by atoms with Crippen molar-refractivity contribution in [3.63, 3.8) is 0 Å². The first kappa shape index (κ1) is 17.9. The van der Waals surface area contributed by atoms with E-state index in [4.69, 9.17) is 11.6 Å². The van der Waals surface area contributed by atoms with Gasteiger partial charge in [-0.15, -0.1) is 0 Å². The number of nitrogens with zero attached hydrogens (tertiary/aromatic N) is 2. The first-order chi connectivity index (χ1) is 12.5. The first-order valence-corrected chi connectivity index (χ1v) is 8.61. The molecule has 0 fully saturated rings. The lowest BCUT2D eigenvalue weighted by atomic mass is 10.1. The number of aliphatic carboxylic acids is 1. The molecule has 7 heteroatoms. The first-order valence-electron chi connectivity index (χ1n) is 8.23. The van der Waals surface area contributed by atoms with Gasteiger partial charge in [0.15, 0.2) is 0 Å². The Hall–Kier alpha value is -2.86. The number of aryl methyl sites for hydroxylation is 1. The van der Waals surface area contributed by atoms with Crippen molar-refractivity contribution in [3.05, 3.63) is 70.6 Å². The number of carboxylic acid groups (broad SMARTS) is 1. The minimum Gasteiger partial charge on any atom is -0.480 e. The third-order valence-electron chi connectivity index (χ3n) is 4.09. The monoisotopic (exact) mass is 371 g/mol. The van der Waals surface area contributed by atoms with Gasteiger partial charge in [-0.3, -0.25) is 9.20 Å². The van der Waals surface area contributed by atoms with E-state index in [0.29, 0.717) is 28.5 Å². The molecule has 0 aliphatic carbocycles. The molecular weight excluding hydrogens is 354 g/mol. The fourth-order valence-corrected chi connectivity index (χ4v) is 2.99. The van der Waals surface area contributed by atoms with Crippen LogP contribution in [0.1, 0.15) is 28.7 Å². The maximum atomic E-state index is 12.8. The molecule has 0 aliphatic heterocycles. The van der Waals surface area contributed by atoms with E-state index in [1.165, 1.54) is 0 Å². The summed E-state index contributed by atoms with van der Waals surface area (Å²) in [4.78, 5) is 28.9. The predicted molar refractivity (Wildman–Crippen MR) is 98.6 cm³/mol. The van der Waals surface area contributed by atoms with Crippen molar-refractivity contribution < 1.29 is 14.7 Å². The standard InChI is InChI=1S/C19H18ClN3O3/c1-2-14-17(23-11-13(20)8-9-16(23)21-14)18(24)22-15(19(25)26)10-12-6-4-3-5-7-12/h3-9,11,15H,2,10H2,1H3,(H,22,24)(H,25,26). The molecule has 3 aromatic rings. The van der Waals surface area contributed by atoms with Crippen LogP contribution in [0.15, 0.2) is 48.7 Å². The van der Waals surface area contributed by atoms with Crippen molar-refractivity contribution >= 4 is 29.1 Å². The third kappa shape index (κ3) is 3.70. The molecule has 2 aromatic heterocycles. The van der Waals surface area contributed by atoms with Gasteiger partial charge in [-0.2, -0.15) is 0 Å². The lowest BCUT2D eigenvalue weighted by Gasteiger charge is -2.15. The summed E-state index contributed by atoms with van der Waals surface area (Å²) in [5.41, 5.74) is 2.32. The van der Waals surface area contributed by atoms with E-state index in [-0.39, 0.29) is 6.42 Å². The van der Waals surface area contributed by atoms with Gasteiger partial charge in [0.1, 0.15) is 17.4 Å². The van der Waals surface area contributed by atoms with Gasteiger partial charge in [-0.25, -0.2) is 9.78 Å². The van der Waals surface area contributed by atoms with Gasteiger partial charge in [-0.05, 0) is 24.1 Å². The van der Waals surface area contributed by atoms with Crippen molar-refractivity contribution in [2.75, 3.05) is 0 Å². The molecule has 26 heavy (non-hydrogen) atoms. The van der Waals surface area contributed by atoms with Crippen LogP contribution in [0.2, 0.25) is 5.02 Å². The summed E-state index contributed by atoms with van der Waals surface area (Å²) in [5.74, 6) is -1.58. The minimum absolute atomic E-state index is 0.195. The molecule has 1 unspecified atom stereocenters. The number of fused-ring (bicyclic) bond motifs is 1. The number of carbonyl (C=O) groups is 2. The van der Waals surface area contributed by atoms with Crippen LogP contribution >= 0.6 is 11.6 Å². The van der Waals surface area contributed by atoms with Gasteiger partial charge in [0.2, 0.25) is 0 Å². The zero-order chi connectivity index (χ0) is 18.7. The van der Waals surface area contributed by atoms with Crippen molar-refractivity contribution in [3.8, 4) is 0 Å². The molecule has 0 bridgehead atoms. The number of halogens is 1. The SMILES string of the molecule is CCc1nc2ccc(Cl)cn2c1C(=O)NC(Cc1ccccc1)C(=O)O. The number of amides is 1. The molecule has 1 amide bonds. The van der Waals surface area contributed by atoms with Crippen LogP contribution in [0.3, 0.4) is 0 Å². The van der Waals surface area contributed by atoms with Crippen LogP contribution < -0.4 is 5.32 Å². The highest BCUT2D eigenvalue weighted by molar-refractivity contribution is 6.30. The van der Waals surface area contributed by atoms with Crippen molar-refractivity contribution in [1.82, 2.24) is 14.7 Å². The van der Waals surface area contributed by atoms with E-state index in [1.54, 1.807) is 22.7 Å². The van der Waals surface area contributed by atoms with Crippen LogP contribution in [-0.2, 0) is 17.6 Å². The lowest BCUT2D eigenvalue weighted by Crippen LogP contribution is -2.43. The molecule has 2 heterocycles. The third-order valence-corrected chi connectivity index (χ3v) is 4.31. The van der Waals surface area contributed by atoms with Crippen molar-refractivity contribution in [2.24, 2.45) is 0 Å². The molecule has 6 nitrogen and oxygen atoms in total. The topological polar surface area (TPSA) is 83.7 Å². The van der Waals surface area contributed by atoms with E-state index in [1.807, 2.05) is 37.3 Å². The number of aromatic nitrogens is 2. The second-order valence-corrected chi connectivity index (χ2v) is 6.33.